The van der Waals surface area contributed by atoms with Crippen LogP contribution in [0.2, 0.25) is 10.0 Å². The minimum absolute atomic E-state index is 0.124. The number of nitrogens with one attached hydrogen (secondary N) is 1. The van der Waals surface area contributed by atoms with Gasteiger partial charge < -0.3 is 10.1 Å². The highest BCUT2D eigenvalue weighted by molar-refractivity contribution is 6.32. The second-order valence-electron chi connectivity index (χ2n) is 6.15. The molecule has 134 valence electrons. The van der Waals surface area contributed by atoms with Crippen molar-refractivity contribution in [1.29, 1.82) is 0 Å². The predicted octanol–water partition coefficient (Wildman–Crippen LogP) is 5.13. The van der Waals surface area contributed by atoms with E-state index in [4.69, 9.17) is 27.9 Å². The molecule has 1 N–H and O–H groups in total. The number of amides is 1. The maximum Gasteiger partial charge on any atom is 0.260 e. The van der Waals surface area contributed by atoms with Crippen LogP contribution in [0, 0.1) is 13.8 Å². The first-order chi connectivity index (χ1) is 11.9. The van der Waals surface area contributed by atoms with Crippen LogP contribution in [0.15, 0.2) is 36.4 Å². The lowest BCUT2D eigenvalue weighted by atomic mass is 10.1. The Morgan fingerprint density at radius 2 is 1.72 bits per heavy atom. The molecule has 2 aromatic rings. The number of halogens is 2. The Morgan fingerprint density at radius 3 is 2.32 bits per heavy atom. The zero-order chi connectivity index (χ0) is 18.4. The van der Waals surface area contributed by atoms with Gasteiger partial charge in [-0.2, -0.15) is 0 Å². The quantitative estimate of drug-likeness (QED) is 0.677. The second kappa shape index (κ2) is 9.12. The van der Waals surface area contributed by atoms with Crippen LogP contribution >= 0.6 is 23.2 Å². The summed E-state index contributed by atoms with van der Waals surface area (Å²) in [6.07, 6.45) is 1.19. The molecule has 0 saturated carbocycles. The van der Waals surface area contributed by atoms with Gasteiger partial charge in [-0.15, -0.1) is 0 Å². The molecule has 0 aromatic heterocycles. The summed E-state index contributed by atoms with van der Waals surface area (Å²) in [6.45, 7) is 6.19. The van der Waals surface area contributed by atoms with Crippen molar-refractivity contribution in [3.05, 3.63) is 63.1 Å². The minimum atomic E-state index is -0.560. The lowest BCUT2D eigenvalue weighted by Crippen LogP contribution is -2.37. The fourth-order valence-corrected chi connectivity index (χ4v) is 2.77. The van der Waals surface area contributed by atoms with E-state index >= 15 is 0 Å². The zero-order valence-corrected chi connectivity index (χ0v) is 16.2. The third kappa shape index (κ3) is 5.94. The number of rotatable bonds is 7. The third-order valence-corrected chi connectivity index (χ3v) is 4.79. The van der Waals surface area contributed by atoms with Crippen LogP contribution in [-0.2, 0) is 11.2 Å². The van der Waals surface area contributed by atoms with E-state index in [1.165, 1.54) is 5.56 Å². The Hall–Kier alpha value is -1.71. The van der Waals surface area contributed by atoms with E-state index in [-0.39, 0.29) is 5.91 Å². The average molecular weight is 380 g/mol. The number of ether oxygens (including phenoxy) is 1. The fourth-order valence-electron chi connectivity index (χ4n) is 2.53. The largest absolute Gasteiger partial charge is 0.481 e. The van der Waals surface area contributed by atoms with E-state index in [2.05, 4.69) is 5.32 Å². The standard InChI is InChI=1S/C20H23Cl2NO2/c1-13-11-18(12-14(2)19(13)22)25-15(3)20(24)23-10-4-5-16-6-8-17(21)9-7-16/h6-9,11-12,15H,4-5,10H2,1-3H3,(H,23,24). The predicted molar refractivity (Wildman–Crippen MR) is 104 cm³/mol. The lowest BCUT2D eigenvalue weighted by Gasteiger charge is -2.16. The van der Waals surface area contributed by atoms with Gasteiger partial charge in [0.15, 0.2) is 6.10 Å². The van der Waals surface area contributed by atoms with Crippen molar-refractivity contribution in [2.45, 2.75) is 39.7 Å². The van der Waals surface area contributed by atoms with Crippen molar-refractivity contribution in [2.24, 2.45) is 0 Å². The summed E-state index contributed by atoms with van der Waals surface area (Å²) < 4.78 is 5.74. The summed E-state index contributed by atoms with van der Waals surface area (Å²) in [6, 6.07) is 11.4. The summed E-state index contributed by atoms with van der Waals surface area (Å²) in [5, 5.41) is 4.37. The van der Waals surface area contributed by atoms with Gasteiger partial charge in [-0.05, 0) is 74.6 Å². The lowest BCUT2D eigenvalue weighted by molar-refractivity contribution is -0.127. The molecule has 0 aliphatic carbocycles. The minimum Gasteiger partial charge on any atom is -0.481 e. The number of hydrogen-bond acceptors (Lipinski definition) is 2. The monoisotopic (exact) mass is 379 g/mol. The summed E-state index contributed by atoms with van der Waals surface area (Å²) in [4.78, 5) is 12.2. The van der Waals surface area contributed by atoms with Gasteiger partial charge in [0.1, 0.15) is 5.75 Å². The highest BCUT2D eigenvalue weighted by Gasteiger charge is 2.15. The molecule has 0 fully saturated rings. The molecule has 0 radical (unpaired) electrons. The molecule has 0 aliphatic rings. The van der Waals surface area contributed by atoms with Gasteiger partial charge in [0.2, 0.25) is 0 Å². The number of carbonyl (C=O) groups is 1. The van der Waals surface area contributed by atoms with E-state index in [9.17, 15) is 4.79 Å². The molecule has 0 heterocycles. The Morgan fingerprint density at radius 1 is 1.12 bits per heavy atom. The summed E-state index contributed by atoms with van der Waals surface area (Å²) in [7, 11) is 0. The van der Waals surface area contributed by atoms with Crippen LogP contribution in [0.3, 0.4) is 0 Å². The zero-order valence-electron chi connectivity index (χ0n) is 14.7. The molecule has 3 nitrogen and oxygen atoms in total. The molecule has 5 heteroatoms. The van der Waals surface area contributed by atoms with Gasteiger partial charge in [-0.1, -0.05) is 35.3 Å². The average Bonchev–Trinajstić information content (AvgIpc) is 2.57. The molecule has 2 aromatic carbocycles. The van der Waals surface area contributed by atoms with Crippen molar-refractivity contribution in [3.63, 3.8) is 0 Å². The Labute approximate surface area is 159 Å². The first kappa shape index (κ1) is 19.6. The second-order valence-corrected chi connectivity index (χ2v) is 6.97. The summed E-state index contributed by atoms with van der Waals surface area (Å²) in [5.41, 5.74) is 3.08. The van der Waals surface area contributed by atoms with Crippen molar-refractivity contribution in [2.75, 3.05) is 6.54 Å². The summed E-state index contributed by atoms with van der Waals surface area (Å²) in [5.74, 6) is 0.532. The van der Waals surface area contributed by atoms with Gasteiger partial charge in [0.25, 0.3) is 5.91 Å². The van der Waals surface area contributed by atoms with Crippen LogP contribution in [0.5, 0.6) is 5.75 Å². The first-order valence-corrected chi connectivity index (χ1v) is 9.08. The highest BCUT2D eigenvalue weighted by atomic mass is 35.5. The van der Waals surface area contributed by atoms with Crippen LogP contribution in [-0.4, -0.2) is 18.6 Å². The smallest absolute Gasteiger partial charge is 0.260 e. The normalized spacial score (nSPS) is 11.9. The number of carbonyl (C=O) groups excluding carboxylic acids is 1. The molecule has 0 aliphatic heterocycles. The van der Waals surface area contributed by atoms with Crippen LogP contribution in [0.1, 0.15) is 30.0 Å². The molecule has 2 rings (SSSR count). The van der Waals surface area contributed by atoms with Gasteiger partial charge in [0.05, 0.1) is 0 Å². The molecule has 1 unspecified atom stereocenters. The molecule has 1 atom stereocenters. The number of hydrogen-bond donors (Lipinski definition) is 1. The SMILES string of the molecule is Cc1cc(OC(C)C(=O)NCCCc2ccc(Cl)cc2)cc(C)c1Cl. The van der Waals surface area contributed by atoms with Crippen LogP contribution in [0.25, 0.3) is 0 Å². The van der Waals surface area contributed by atoms with Crippen molar-refractivity contribution in [1.82, 2.24) is 5.32 Å². The third-order valence-electron chi connectivity index (χ3n) is 3.95. The van der Waals surface area contributed by atoms with Crippen LogP contribution in [0.4, 0.5) is 0 Å². The van der Waals surface area contributed by atoms with Gasteiger partial charge in [-0.25, -0.2) is 0 Å². The van der Waals surface area contributed by atoms with E-state index in [0.717, 1.165) is 34.0 Å². The van der Waals surface area contributed by atoms with E-state index in [1.54, 1.807) is 6.92 Å². The first-order valence-electron chi connectivity index (χ1n) is 8.32. The molecule has 0 saturated heterocycles. The van der Waals surface area contributed by atoms with Gasteiger partial charge >= 0.3 is 0 Å². The molecule has 1 amide bonds. The molecular weight excluding hydrogens is 357 g/mol. The highest BCUT2D eigenvalue weighted by Crippen LogP contribution is 2.26. The Bertz CT molecular complexity index is 706. The molecular formula is C20H23Cl2NO2. The van der Waals surface area contributed by atoms with Crippen LogP contribution < -0.4 is 10.1 Å². The van der Waals surface area contributed by atoms with E-state index in [0.29, 0.717) is 12.3 Å². The Balaban J connectivity index is 1.77. The fraction of sp³-hybridized carbons (Fsp3) is 0.350. The van der Waals surface area contributed by atoms with Crippen molar-refractivity contribution < 1.29 is 9.53 Å². The van der Waals surface area contributed by atoms with Gasteiger partial charge in [-0.3, -0.25) is 4.79 Å². The Kier molecular flexibility index (Phi) is 7.15. The summed E-state index contributed by atoms with van der Waals surface area (Å²) >= 11 is 12.0. The molecule has 0 bridgehead atoms. The van der Waals surface area contributed by atoms with Crippen molar-refractivity contribution in [3.8, 4) is 5.75 Å². The van der Waals surface area contributed by atoms with Crippen molar-refractivity contribution >= 4 is 29.1 Å². The van der Waals surface area contributed by atoms with Gasteiger partial charge in [0, 0.05) is 16.6 Å². The number of aryl methyl sites for hydroxylation is 3. The van der Waals surface area contributed by atoms with E-state index in [1.807, 2.05) is 50.2 Å². The maximum atomic E-state index is 12.2. The molecule has 0 spiro atoms. The molecule has 25 heavy (non-hydrogen) atoms. The topological polar surface area (TPSA) is 38.3 Å². The van der Waals surface area contributed by atoms with E-state index < -0.39 is 6.10 Å². The maximum absolute atomic E-state index is 12.2. The number of benzene rings is 2.